The van der Waals surface area contributed by atoms with E-state index in [1.54, 1.807) is 41.2 Å². The first-order valence-electron chi connectivity index (χ1n) is 19.7. The minimum Gasteiger partial charge on any atom is -0.444 e. The largest absolute Gasteiger partial charge is 0.444 e. The molecule has 4 N–H and O–H groups in total. The van der Waals surface area contributed by atoms with Crippen molar-refractivity contribution in [2.45, 2.75) is 93.8 Å². The fourth-order valence-corrected chi connectivity index (χ4v) is 8.85. The highest BCUT2D eigenvalue weighted by molar-refractivity contribution is 8.00. The Morgan fingerprint density at radius 2 is 1.78 bits per heavy atom. The van der Waals surface area contributed by atoms with Crippen molar-refractivity contribution in [1.29, 1.82) is 0 Å². The second-order valence-corrected chi connectivity index (χ2v) is 18.0. The number of amides is 5. The summed E-state index contributed by atoms with van der Waals surface area (Å²) in [6.07, 6.45) is 6.09. The summed E-state index contributed by atoms with van der Waals surface area (Å²) >= 11 is 2.98. The molecule has 2 aliphatic heterocycles. The minimum absolute atomic E-state index is 0.0593. The molecule has 1 aliphatic carbocycles. The number of fused-ring (bicyclic) bond motifs is 1. The number of nitrogens with one attached hydrogen (secondary N) is 4. The summed E-state index contributed by atoms with van der Waals surface area (Å²) in [5.74, 6) is 1.22. The third-order valence-corrected chi connectivity index (χ3v) is 12.4. The second kappa shape index (κ2) is 19.9. The Kier molecular flexibility index (Phi) is 14.7. The monoisotopic (exact) mass is 836 g/mol. The maximum absolute atomic E-state index is 13.2. The Bertz CT molecular complexity index is 1970. The number of likely N-dealkylation sites (tertiary alicyclic amines) is 1. The van der Waals surface area contributed by atoms with E-state index in [1.807, 2.05) is 11.0 Å². The molecule has 3 aromatic rings. The molecule has 16 nitrogen and oxygen atoms in total. The van der Waals surface area contributed by atoms with Crippen LogP contribution in [0.4, 0.5) is 9.93 Å². The number of rotatable bonds is 16. The number of urea groups is 1. The van der Waals surface area contributed by atoms with Crippen molar-refractivity contribution >= 4 is 63.5 Å². The Hall–Kier alpha value is -4.65. The van der Waals surface area contributed by atoms with Crippen LogP contribution in [0.25, 0.3) is 0 Å². The molecule has 2 fully saturated rings. The van der Waals surface area contributed by atoms with Crippen LogP contribution >= 0.6 is 23.1 Å². The average molecular weight is 837 g/mol. The third-order valence-electron chi connectivity index (χ3n) is 10.4. The number of thiazole rings is 1. The van der Waals surface area contributed by atoms with Crippen LogP contribution in [0.2, 0.25) is 0 Å². The molecule has 1 saturated heterocycles. The van der Waals surface area contributed by atoms with Crippen LogP contribution in [-0.4, -0.2) is 107 Å². The highest BCUT2D eigenvalue weighted by Gasteiger charge is 2.38. The first-order chi connectivity index (χ1) is 27.8. The van der Waals surface area contributed by atoms with E-state index in [4.69, 9.17) is 9.15 Å². The molecule has 312 valence electrons. The quantitative estimate of drug-likeness (QED) is 0.0699. The van der Waals surface area contributed by atoms with Gasteiger partial charge in [-0.1, -0.05) is 44.2 Å². The summed E-state index contributed by atoms with van der Waals surface area (Å²) in [6, 6.07) is 4.33. The number of anilines is 1. The predicted octanol–water partition coefficient (Wildman–Crippen LogP) is 4.04. The van der Waals surface area contributed by atoms with Gasteiger partial charge in [0.2, 0.25) is 17.7 Å². The third kappa shape index (κ3) is 11.7. The maximum Gasteiger partial charge on any atom is 0.315 e. The van der Waals surface area contributed by atoms with Crippen molar-refractivity contribution in [3.8, 4) is 0 Å². The molecule has 2 aromatic heterocycles. The van der Waals surface area contributed by atoms with Crippen molar-refractivity contribution in [2.75, 3.05) is 51.3 Å². The Labute approximate surface area is 346 Å². The number of thioether (sulfide) groups is 1. The van der Waals surface area contributed by atoms with Gasteiger partial charge in [0, 0.05) is 49.5 Å². The summed E-state index contributed by atoms with van der Waals surface area (Å²) < 4.78 is 12.4. The van der Waals surface area contributed by atoms with Crippen LogP contribution < -0.4 is 21.3 Å². The number of hydrogen-bond donors (Lipinski definition) is 4. The number of oxazole rings is 1. The van der Waals surface area contributed by atoms with E-state index < -0.39 is 12.1 Å². The van der Waals surface area contributed by atoms with E-state index in [-0.39, 0.29) is 86.4 Å². The van der Waals surface area contributed by atoms with E-state index in [2.05, 4.69) is 52.0 Å². The zero-order valence-corrected chi connectivity index (χ0v) is 34.9. The SMILES string of the molecule is CC(C)(C)c1cnc(CSc2cnc(NC(=O)C3CCN(CC(=O)NCCOCCNC(=O)NCc4cccc5c4CN(C4CCCC(=O)CC4=O)C5=O)CC3)s2)o1. The van der Waals surface area contributed by atoms with Gasteiger partial charge in [0.05, 0.1) is 54.6 Å². The Morgan fingerprint density at radius 3 is 2.53 bits per heavy atom. The van der Waals surface area contributed by atoms with Crippen LogP contribution in [0.5, 0.6) is 0 Å². The van der Waals surface area contributed by atoms with Crippen molar-refractivity contribution in [3.05, 3.63) is 58.9 Å². The van der Waals surface area contributed by atoms with E-state index in [9.17, 15) is 28.8 Å². The molecule has 58 heavy (non-hydrogen) atoms. The molecule has 1 atom stereocenters. The van der Waals surface area contributed by atoms with Crippen molar-refractivity contribution < 1.29 is 37.9 Å². The molecule has 1 saturated carbocycles. The van der Waals surface area contributed by atoms with Crippen LogP contribution in [0.15, 0.2) is 39.2 Å². The Balaban J connectivity index is 0.795. The number of hydrogen-bond acceptors (Lipinski definition) is 13. The first kappa shape index (κ1) is 42.9. The molecule has 1 unspecified atom stereocenters. The smallest absolute Gasteiger partial charge is 0.315 e. The molecule has 0 spiro atoms. The topological polar surface area (TPSA) is 205 Å². The number of benzene rings is 1. The van der Waals surface area contributed by atoms with Gasteiger partial charge in [0.25, 0.3) is 5.91 Å². The molecule has 1 aromatic carbocycles. The zero-order valence-electron chi connectivity index (χ0n) is 33.2. The summed E-state index contributed by atoms with van der Waals surface area (Å²) in [5.41, 5.74) is 1.98. The van der Waals surface area contributed by atoms with Gasteiger partial charge in [0.1, 0.15) is 11.5 Å². The molecule has 5 amide bonds. The lowest BCUT2D eigenvalue weighted by molar-refractivity contribution is -0.129. The average Bonchev–Trinajstić information content (AvgIpc) is 3.91. The predicted molar refractivity (Wildman–Crippen MR) is 217 cm³/mol. The summed E-state index contributed by atoms with van der Waals surface area (Å²) in [6.45, 7) is 9.32. The van der Waals surface area contributed by atoms with Gasteiger partial charge in [-0.15, -0.1) is 11.8 Å². The van der Waals surface area contributed by atoms with Crippen molar-refractivity contribution in [1.82, 2.24) is 35.7 Å². The standard InChI is InChI=1S/C40H52N8O8S2/c1-40(2,3)32-20-43-34(56-32)24-57-35-21-45-39(58-35)46-36(52)25-10-14-47(15-11-25)23-33(51)41-12-16-55-17-13-42-38(54)44-19-26-6-4-8-28-29(26)22-48(37(28)53)30-9-5-7-27(49)18-31(30)50/h4,6,8,20-21,25,30H,5,7,9-19,22-24H2,1-3H3,(H,41,51)(H2,42,44,54)(H,45,46,52). The number of ketones is 2. The lowest BCUT2D eigenvalue weighted by atomic mass is 9.94. The molecule has 3 aliphatic rings. The normalized spacial score (nSPS) is 17.9. The van der Waals surface area contributed by atoms with Crippen LogP contribution in [0.1, 0.15) is 92.4 Å². The summed E-state index contributed by atoms with van der Waals surface area (Å²) in [5, 5.41) is 11.9. The minimum atomic E-state index is -0.607. The molecular weight excluding hydrogens is 785 g/mol. The van der Waals surface area contributed by atoms with Gasteiger partial charge in [0.15, 0.2) is 10.9 Å². The lowest BCUT2D eigenvalue weighted by Crippen LogP contribution is -2.44. The van der Waals surface area contributed by atoms with E-state index in [0.717, 1.165) is 21.1 Å². The van der Waals surface area contributed by atoms with E-state index >= 15 is 0 Å². The maximum atomic E-state index is 13.2. The lowest BCUT2D eigenvalue weighted by Gasteiger charge is -2.30. The number of ether oxygens (including phenoxy) is 1. The van der Waals surface area contributed by atoms with Crippen LogP contribution in [-0.2, 0) is 48.2 Å². The van der Waals surface area contributed by atoms with E-state index in [0.29, 0.717) is 74.1 Å². The molecular formula is C40H52N8O8S2. The number of aromatic nitrogens is 2. The fourth-order valence-electron chi connectivity index (χ4n) is 7.12. The van der Waals surface area contributed by atoms with Gasteiger partial charge >= 0.3 is 6.03 Å². The highest BCUT2D eigenvalue weighted by atomic mass is 32.2. The number of carbonyl (C=O) groups is 6. The first-order valence-corrected chi connectivity index (χ1v) is 21.5. The number of Topliss-reactive ketones (excluding diaryl/α,β-unsaturated/α-hetero) is 2. The van der Waals surface area contributed by atoms with E-state index in [1.165, 1.54) is 11.3 Å². The number of piperidine rings is 1. The molecule has 0 bridgehead atoms. The van der Waals surface area contributed by atoms with Gasteiger partial charge in [-0.25, -0.2) is 14.8 Å². The fraction of sp³-hybridized carbons (Fsp3) is 0.550. The molecule has 18 heteroatoms. The second-order valence-electron chi connectivity index (χ2n) is 15.7. The van der Waals surface area contributed by atoms with Gasteiger partial charge < -0.3 is 35.3 Å². The number of carbonyl (C=O) groups excluding carboxylic acids is 6. The van der Waals surface area contributed by atoms with Gasteiger partial charge in [-0.05, 0) is 56.0 Å². The molecule has 4 heterocycles. The van der Waals surface area contributed by atoms with Crippen molar-refractivity contribution in [2.24, 2.45) is 5.92 Å². The zero-order chi connectivity index (χ0) is 41.2. The summed E-state index contributed by atoms with van der Waals surface area (Å²) in [4.78, 5) is 88.0. The van der Waals surface area contributed by atoms with Gasteiger partial charge in [-0.2, -0.15) is 0 Å². The molecule has 0 radical (unpaired) electrons. The number of nitrogens with zero attached hydrogens (tertiary/aromatic N) is 4. The molecule has 6 rings (SSSR count). The highest BCUT2D eigenvalue weighted by Crippen LogP contribution is 2.33. The van der Waals surface area contributed by atoms with Gasteiger partial charge in [-0.3, -0.25) is 28.9 Å². The summed E-state index contributed by atoms with van der Waals surface area (Å²) in [7, 11) is 0. The Morgan fingerprint density at radius 1 is 1.00 bits per heavy atom. The van der Waals surface area contributed by atoms with Crippen LogP contribution in [0.3, 0.4) is 0 Å². The van der Waals surface area contributed by atoms with Crippen LogP contribution in [0, 0.1) is 5.92 Å². The van der Waals surface area contributed by atoms with Crippen molar-refractivity contribution in [3.63, 3.8) is 0 Å².